The molecule has 0 aliphatic heterocycles. The van der Waals surface area contributed by atoms with Crippen molar-refractivity contribution in [3.05, 3.63) is 24.3 Å². The highest BCUT2D eigenvalue weighted by atomic mass is 14.1. The van der Waals surface area contributed by atoms with Gasteiger partial charge in [0.1, 0.15) is 0 Å². The van der Waals surface area contributed by atoms with E-state index in [2.05, 4.69) is 45.1 Å². The molecule has 1 unspecified atom stereocenters. The first-order chi connectivity index (χ1) is 6.85. The van der Waals surface area contributed by atoms with Gasteiger partial charge in [0.15, 0.2) is 0 Å². The predicted molar refractivity (Wildman–Crippen MR) is 66.5 cm³/mol. The van der Waals surface area contributed by atoms with Crippen molar-refractivity contribution in [1.82, 2.24) is 0 Å². The predicted octanol–water partition coefficient (Wildman–Crippen LogP) is 5.12. The van der Waals surface area contributed by atoms with Crippen molar-refractivity contribution in [2.45, 2.75) is 59.3 Å². The van der Waals surface area contributed by atoms with E-state index in [0.29, 0.717) is 0 Å². The minimum atomic E-state index is 0.824. The lowest BCUT2D eigenvalue weighted by molar-refractivity contribution is 0.511. The van der Waals surface area contributed by atoms with Crippen LogP contribution in [-0.4, -0.2) is 0 Å². The second kappa shape index (κ2) is 10.6. The van der Waals surface area contributed by atoms with Gasteiger partial charge in [-0.2, -0.15) is 0 Å². The summed E-state index contributed by atoms with van der Waals surface area (Å²) in [4.78, 5) is 0. The van der Waals surface area contributed by atoms with Crippen molar-refractivity contribution in [3.63, 3.8) is 0 Å². The van der Waals surface area contributed by atoms with Gasteiger partial charge in [-0.1, -0.05) is 57.4 Å². The van der Waals surface area contributed by atoms with Gasteiger partial charge in [-0.05, 0) is 32.1 Å². The van der Waals surface area contributed by atoms with Crippen molar-refractivity contribution < 1.29 is 0 Å². The lowest BCUT2D eigenvalue weighted by Crippen LogP contribution is -1.95. The molecule has 82 valence electrons. The van der Waals surface area contributed by atoms with Gasteiger partial charge in [0.05, 0.1) is 0 Å². The zero-order valence-electron chi connectivity index (χ0n) is 10.1. The molecule has 14 heavy (non-hydrogen) atoms. The Morgan fingerprint density at radius 1 is 1.00 bits per heavy atom. The van der Waals surface area contributed by atoms with Gasteiger partial charge < -0.3 is 0 Å². The number of hydrogen-bond acceptors (Lipinski definition) is 0. The third-order valence-electron chi connectivity index (χ3n) is 2.50. The van der Waals surface area contributed by atoms with E-state index in [1.54, 1.807) is 0 Å². The topological polar surface area (TPSA) is 0 Å². The molecule has 0 aliphatic carbocycles. The highest BCUT2D eigenvalue weighted by Crippen LogP contribution is 2.16. The van der Waals surface area contributed by atoms with Gasteiger partial charge in [0.25, 0.3) is 0 Å². The molecule has 0 aromatic carbocycles. The van der Waals surface area contributed by atoms with Crippen LogP contribution in [0.5, 0.6) is 0 Å². The molecule has 0 aliphatic rings. The van der Waals surface area contributed by atoms with E-state index >= 15 is 0 Å². The standard InChI is InChI=1S/C14H26/c1-4-7-9-10-13-14(11-6-3)12-8-5-2/h4,7,10,13-14H,5-6,8-9,11-12H2,1-3H3. The van der Waals surface area contributed by atoms with Crippen molar-refractivity contribution in [2.75, 3.05) is 0 Å². The van der Waals surface area contributed by atoms with Gasteiger partial charge in [-0.25, -0.2) is 0 Å². The van der Waals surface area contributed by atoms with E-state index in [9.17, 15) is 0 Å². The fourth-order valence-electron chi connectivity index (χ4n) is 1.66. The molecule has 0 fully saturated rings. The average molecular weight is 194 g/mol. The summed E-state index contributed by atoms with van der Waals surface area (Å²) in [5.74, 6) is 0.824. The van der Waals surface area contributed by atoms with E-state index in [-0.39, 0.29) is 0 Å². The first-order valence-electron chi connectivity index (χ1n) is 6.12. The first-order valence-corrected chi connectivity index (χ1v) is 6.12. The monoisotopic (exact) mass is 194 g/mol. The fraction of sp³-hybridized carbons (Fsp3) is 0.714. The lowest BCUT2D eigenvalue weighted by atomic mass is 9.96. The molecule has 0 radical (unpaired) electrons. The molecule has 0 rings (SSSR count). The van der Waals surface area contributed by atoms with Crippen molar-refractivity contribution in [3.8, 4) is 0 Å². The molecule has 0 bridgehead atoms. The zero-order chi connectivity index (χ0) is 10.6. The molecule has 0 N–H and O–H groups in total. The first kappa shape index (κ1) is 13.5. The smallest absolute Gasteiger partial charge is 0.0169 e. The zero-order valence-corrected chi connectivity index (χ0v) is 10.1. The fourth-order valence-corrected chi connectivity index (χ4v) is 1.66. The van der Waals surface area contributed by atoms with Crippen LogP contribution in [0.3, 0.4) is 0 Å². The van der Waals surface area contributed by atoms with Gasteiger partial charge >= 0.3 is 0 Å². The number of hydrogen-bond donors (Lipinski definition) is 0. The molecule has 0 heteroatoms. The number of unbranched alkanes of at least 4 members (excludes halogenated alkanes) is 1. The van der Waals surface area contributed by atoms with Gasteiger partial charge in [0, 0.05) is 0 Å². The summed E-state index contributed by atoms with van der Waals surface area (Å²) in [6.07, 6.45) is 16.9. The largest absolute Gasteiger partial charge is 0.0914 e. The van der Waals surface area contributed by atoms with Crippen LogP contribution in [-0.2, 0) is 0 Å². The summed E-state index contributed by atoms with van der Waals surface area (Å²) in [7, 11) is 0. The normalized spacial score (nSPS) is 14.2. The summed E-state index contributed by atoms with van der Waals surface area (Å²) >= 11 is 0. The van der Waals surface area contributed by atoms with E-state index in [1.807, 2.05) is 0 Å². The maximum atomic E-state index is 2.42. The van der Waals surface area contributed by atoms with E-state index in [4.69, 9.17) is 0 Å². The van der Waals surface area contributed by atoms with Crippen molar-refractivity contribution in [2.24, 2.45) is 5.92 Å². The Hall–Kier alpha value is -0.520. The second-order valence-electron chi connectivity index (χ2n) is 3.92. The number of allylic oxidation sites excluding steroid dienone is 4. The second-order valence-corrected chi connectivity index (χ2v) is 3.92. The summed E-state index contributed by atoms with van der Waals surface area (Å²) in [6.45, 7) is 6.62. The molecule has 0 saturated heterocycles. The Balaban J connectivity index is 3.75. The third kappa shape index (κ3) is 8.10. The minimum Gasteiger partial charge on any atom is -0.0914 e. The van der Waals surface area contributed by atoms with Crippen molar-refractivity contribution in [1.29, 1.82) is 0 Å². The van der Waals surface area contributed by atoms with E-state index in [1.165, 1.54) is 32.1 Å². The van der Waals surface area contributed by atoms with E-state index in [0.717, 1.165) is 12.3 Å². The minimum absolute atomic E-state index is 0.824. The molecule has 0 amide bonds. The van der Waals surface area contributed by atoms with Crippen LogP contribution in [0.4, 0.5) is 0 Å². The van der Waals surface area contributed by atoms with Crippen molar-refractivity contribution >= 4 is 0 Å². The molecule has 0 spiro atoms. The summed E-state index contributed by atoms with van der Waals surface area (Å²) in [6, 6.07) is 0. The van der Waals surface area contributed by atoms with Gasteiger partial charge in [-0.15, -0.1) is 0 Å². The summed E-state index contributed by atoms with van der Waals surface area (Å²) in [5, 5.41) is 0. The average Bonchev–Trinajstić information content (AvgIpc) is 2.20. The van der Waals surface area contributed by atoms with Gasteiger partial charge in [-0.3, -0.25) is 0 Å². The Morgan fingerprint density at radius 2 is 1.79 bits per heavy atom. The summed E-state index contributed by atoms with van der Waals surface area (Å²) < 4.78 is 0. The molecular formula is C14H26. The maximum Gasteiger partial charge on any atom is -0.0169 e. The molecule has 0 aromatic heterocycles. The molecule has 0 saturated carbocycles. The Labute approximate surface area is 90.1 Å². The van der Waals surface area contributed by atoms with E-state index < -0.39 is 0 Å². The summed E-state index contributed by atoms with van der Waals surface area (Å²) in [5.41, 5.74) is 0. The highest BCUT2D eigenvalue weighted by molar-refractivity contribution is 4.94. The van der Waals surface area contributed by atoms with Crippen LogP contribution in [0, 0.1) is 5.92 Å². The quantitative estimate of drug-likeness (QED) is 0.471. The van der Waals surface area contributed by atoms with Crippen LogP contribution >= 0.6 is 0 Å². The molecule has 0 heterocycles. The van der Waals surface area contributed by atoms with Crippen LogP contribution in [0.2, 0.25) is 0 Å². The molecular weight excluding hydrogens is 168 g/mol. The van der Waals surface area contributed by atoms with Crippen LogP contribution in [0.25, 0.3) is 0 Å². The number of rotatable bonds is 8. The Morgan fingerprint density at radius 3 is 2.36 bits per heavy atom. The third-order valence-corrected chi connectivity index (χ3v) is 2.50. The molecule has 0 nitrogen and oxygen atoms in total. The van der Waals surface area contributed by atoms with Crippen LogP contribution in [0.1, 0.15) is 59.3 Å². The maximum absolute atomic E-state index is 2.42. The van der Waals surface area contributed by atoms with Crippen LogP contribution < -0.4 is 0 Å². The lowest BCUT2D eigenvalue weighted by Gasteiger charge is -2.10. The van der Waals surface area contributed by atoms with Crippen LogP contribution in [0.15, 0.2) is 24.3 Å². The SMILES string of the molecule is CC=CCC=CC(CCC)CCCC. The Kier molecular flexibility index (Phi) is 10.2. The molecule has 0 aromatic rings. The Bertz CT molecular complexity index is 153. The van der Waals surface area contributed by atoms with Gasteiger partial charge in [0.2, 0.25) is 0 Å². The molecule has 1 atom stereocenters. The highest BCUT2D eigenvalue weighted by Gasteiger charge is 2.01.